The van der Waals surface area contributed by atoms with E-state index in [-0.39, 0.29) is 27.1 Å². The number of halogens is 2. The highest BCUT2D eigenvalue weighted by Gasteiger charge is 2.48. The molecule has 0 aliphatic heterocycles. The quantitative estimate of drug-likeness (QED) is 0.495. The molecule has 0 saturated heterocycles. The number of aliphatic carboxylic acids is 1. The molecule has 146 valence electrons. The van der Waals surface area contributed by atoms with Crippen LogP contribution in [0.2, 0.25) is 10.0 Å². The van der Waals surface area contributed by atoms with Gasteiger partial charge in [-0.15, -0.1) is 0 Å². The van der Waals surface area contributed by atoms with Gasteiger partial charge in [-0.1, -0.05) is 36.7 Å². The zero-order valence-corrected chi connectivity index (χ0v) is 16.6. The van der Waals surface area contributed by atoms with E-state index in [1.807, 2.05) is 6.92 Å². The first-order valence-corrected chi connectivity index (χ1v) is 9.31. The molecular weight excluding hydrogens is 393 g/mol. The second-order valence-corrected chi connectivity index (χ2v) is 7.26. The van der Waals surface area contributed by atoms with Crippen molar-refractivity contribution >= 4 is 40.9 Å². The number of benzene rings is 1. The zero-order valence-electron chi connectivity index (χ0n) is 15.1. The number of Topliss-reactive ketones (excluding diaryl/α,β-unsaturated/α-hetero) is 1. The molecule has 1 atom stereocenters. The van der Waals surface area contributed by atoms with E-state index in [0.717, 1.165) is 6.42 Å². The Morgan fingerprint density at radius 2 is 1.93 bits per heavy atom. The molecule has 1 aliphatic carbocycles. The number of ketones is 1. The Morgan fingerprint density at radius 3 is 2.41 bits per heavy atom. The number of carbonyl (C=O) groups is 3. The number of allylic oxidation sites excluding steroid dienone is 1. The highest BCUT2D eigenvalue weighted by atomic mass is 35.5. The third kappa shape index (κ3) is 4.28. The molecule has 2 rings (SSSR count). The molecule has 1 unspecified atom stereocenters. The first-order valence-electron chi connectivity index (χ1n) is 8.56. The fraction of sp³-hybridized carbons (Fsp3) is 0.421. The van der Waals surface area contributed by atoms with Gasteiger partial charge in [-0.25, -0.2) is 0 Å². The molecule has 2 N–H and O–H groups in total. The van der Waals surface area contributed by atoms with Crippen LogP contribution in [0.15, 0.2) is 24.3 Å². The van der Waals surface area contributed by atoms with Gasteiger partial charge >= 0.3 is 5.97 Å². The lowest BCUT2D eigenvalue weighted by Gasteiger charge is -2.40. The van der Waals surface area contributed by atoms with Crippen molar-refractivity contribution in [1.82, 2.24) is 5.32 Å². The Bertz CT molecular complexity index is 802. The predicted molar refractivity (Wildman–Crippen MR) is 103 cm³/mol. The Labute approximate surface area is 167 Å². The number of carbonyl (C=O) groups excluding carboxylic acids is 2. The summed E-state index contributed by atoms with van der Waals surface area (Å²) in [6, 6.07) is 1.92. The maximum Gasteiger partial charge on any atom is 0.325 e. The number of carboxylic acid groups (broad SMARTS) is 1. The molecule has 1 saturated carbocycles. The van der Waals surface area contributed by atoms with Gasteiger partial charge in [0.1, 0.15) is 16.8 Å². The van der Waals surface area contributed by atoms with E-state index in [9.17, 15) is 14.4 Å². The molecule has 8 heteroatoms. The molecule has 27 heavy (non-hydrogen) atoms. The van der Waals surface area contributed by atoms with Gasteiger partial charge in [-0.2, -0.15) is 0 Å². The lowest BCUT2D eigenvalue weighted by atomic mass is 9.79. The van der Waals surface area contributed by atoms with Crippen LogP contribution in [0.4, 0.5) is 0 Å². The van der Waals surface area contributed by atoms with Crippen LogP contribution in [-0.2, 0) is 9.59 Å². The van der Waals surface area contributed by atoms with Crippen LogP contribution in [0.5, 0.6) is 5.75 Å². The Morgan fingerprint density at radius 1 is 1.30 bits per heavy atom. The minimum absolute atomic E-state index is 0.0248. The Kier molecular flexibility index (Phi) is 6.54. The zero-order chi connectivity index (χ0) is 20.4. The van der Waals surface area contributed by atoms with Gasteiger partial charge in [0.2, 0.25) is 0 Å². The third-order valence-corrected chi connectivity index (χ3v) is 5.50. The fourth-order valence-corrected chi connectivity index (χ4v) is 3.06. The highest BCUT2D eigenvalue weighted by molar-refractivity contribution is 6.45. The van der Waals surface area contributed by atoms with Crippen LogP contribution in [0, 0.1) is 0 Å². The summed E-state index contributed by atoms with van der Waals surface area (Å²) in [6.07, 6.45) is 2.09. The SMILES string of the molecule is C=C(CC)C(=O)c1ccc(OC2(C(=O)NC(C)C(=O)O)CCC2)c(Cl)c1Cl. The number of nitrogens with one attached hydrogen (secondary N) is 1. The van der Waals surface area contributed by atoms with Crippen molar-refractivity contribution in [3.8, 4) is 5.75 Å². The average molecular weight is 414 g/mol. The van der Waals surface area contributed by atoms with E-state index in [1.165, 1.54) is 19.1 Å². The standard InChI is InChI=1S/C19H21Cl2NO5/c1-4-10(2)16(23)12-6-7-13(15(21)14(12)20)27-19(8-5-9-19)18(26)22-11(3)17(24)25/h6-7,11H,2,4-5,8-9H2,1,3H3,(H,22,26)(H,24,25). The van der Waals surface area contributed by atoms with E-state index in [0.29, 0.717) is 24.8 Å². The topological polar surface area (TPSA) is 92.7 Å². The summed E-state index contributed by atoms with van der Waals surface area (Å²) in [5.74, 6) is -1.80. The van der Waals surface area contributed by atoms with Gasteiger partial charge in [0.05, 0.1) is 5.02 Å². The molecule has 1 amide bonds. The molecule has 6 nitrogen and oxygen atoms in total. The van der Waals surface area contributed by atoms with Crippen molar-refractivity contribution in [2.75, 3.05) is 0 Å². The van der Waals surface area contributed by atoms with Gasteiger partial charge in [0.15, 0.2) is 11.4 Å². The molecule has 1 aliphatic rings. The maximum absolute atomic E-state index is 12.5. The monoisotopic (exact) mass is 413 g/mol. The summed E-state index contributed by atoms with van der Waals surface area (Å²) in [5, 5.41) is 11.5. The van der Waals surface area contributed by atoms with E-state index in [2.05, 4.69) is 11.9 Å². The molecule has 0 aromatic heterocycles. The summed E-state index contributed by atoms with van der Waals surface area (Å²) < 4.78 is 5.86. The number of hydrogen-bond donors (Lipinski definition) is 2. The van der Waals surface area contributed by atoms with Crippen molar-refractivity contribution in [1.29, 1.82) is 0 Å². The number of amides is 1. The lowest BCUT2D eigenvalue weighted by Crippen LogP contribution is -2.58. The summed E-state index contributed by atoms with van der Waals surface area (Å²) in [4.78, 5) is 35.8. The summed E-state index contributed by atoms with van der Waals surface area (Å²) in [5.41, 5.74) is -0.582. The van der Waals surface area contributed by atoms with Crippen LogP contribution >= 0.6 is 23.2 Å². The second kappa shape index (κ2) is 8.31. The van der Waals surface area contributed by atoms with Gasteiger partial charge < -0.3 is 15.2 Å². The van der Waals surface area contributed by atoms with Gasteiger partial charge in [-0.05, 0) is 50.3 Å². The van der Waals surface area contributed by atoms with Crippen LogP contribution in [-0.4, -0.2) is 34.4 Å². The summed E-state index contributed by atoms with van der Waals surface area (Å²) >= 11 is 12.5. The highest BCUT2D eigenvalue weighted by Crippen LogP contribution is 2.42. The molecule has 0 heterocycles. The minimum Gasteiger partial charge on any atom is -0.480 e. The van der Waals surface area contributed by atoms with Gasteiger partial charge in [-0.3, -0.25) is 14.4 Å². The smallest absolute Gasteiger partial charge is 0.325 e. The Balaban J connectivity index is 2.26. The first kappa shape index (κ1) is 21.3. The summed E-state index contributed by atoms with van der Waals surface area (Å²) in [7, 11) is 0. The maximum atomic E-state index is 12.5. The minimum atomic E-state index is -1.20. The molecule has 1 fully saturated rings. The van der Waals surface area contributed by atoms with E-state index in [4.69, 9.17) is 33.0 Å². The van der Waals surface area contributed by atoms with Crippen molar-refractivity contribution in [3.05, 3.63) is 39.9 Å². The van der Waals surface area contributed by atoms with Crippen LogP contribution in [0.1, 0.15) is 49.9 Å². The lowest BCUT2D eigenvalue weighted by molar-refractivity contribution is -0.150. The molecule has 1 aromatic carbocycles. The first-order chi connectivity index (χ1) is 12.6. The van der Waals surface area contributed by atoms with E-state index >= 15 is 0 Å². The van der Waals surface area contributed by atoms with E-state index in [1.54, 1.807) is 0 Å². The number of carboxylic acids is 1. The average Bonchev–Trinajstić information content (AvgIpc) is 2.59. The van der Waals surface area contributed by atoms with Crippen molar-refractivity contribution in [3.63, 3.8) is 0 Å². The predicted octanol–water partition coefficient (Wildman–Crippen LogP) is 4.03. The van der Waals surface area contributed by atoms with Crippen molar-refractivity contribution < 1.29 is 24.2 Å². The molecular formula is C19H21Cl2NO5. The fourth-order valence-electron chi connectivity index (χ4n) is 2.61. The van der Waals surface area contributed by atoms with Crippen LogP contribution < -0.4 is 10.1 Å². The molecule has 1 aromatic rings. The molecule has 0 spiro atoms. The second-order valence-electron chi connectivity index (χ2n) is 6.51. The Hall–Kier alpha value is -2.05. The third-order valence-electron chi connectivity index (χ3n) is 4.64. The summed E-state index contributed by atoms with van der Waals surface area (Å²) in [6.45, 7) is 6.89. The van der Waals surface area contributed by atoms with E-state index < -0.39 is 23.5 Å². The van der Waals surface area contributed by atoms with Crippen LogP contribution in [0.3, 0.4) is 0 Å². The van der Waals surface area contributed by atoms with Crippen molar-refractivity contribution in [2.45, 2.75) is 51.2 Å². The van der Waals surface area contributed by atoms with Crippen LogP contribution in [0.25, 0.3) is 0 Å². The number of hydrogen-bond acceptors (Lipinski definition) is 4. The largest absolute Gasteiger partial charge is 0.480 e. The molecule has 0 bridgehead atoms. The van der Waals surface area contributed by atoms with Gasteiger partial charge in [0.25, 0.3) is 5.91 Å². The number of rotatable bonds is 8. The van der Waals surface area contributed by atoms with Gasteiger partial charge in [0, 0.05) is 5.56 Å². The van der Waals surface area contributed by atoms with Crippen molar-refractivity contribution in [2.24, 2.45) is 0 Å². The molecule has 0 radical (unpaired) electrons. The number of ether oxygens (including phenoxy) is 1. The normalized spacial score (nSPS) is 16.0.